The third-order valence-electron chi connectivity index (χ3n) is 4.00. The summed E-state index contributed by atoms with van der Waals surface area (Å²) in [5.74, 6) is 1.67. The van der Waals surface area contributed by atoms with Crippen LogP contribution in [0.25, 0.3) is 11.5 Å². The zero-order chi connectivity index (χ0) is 18.4. The van der Waals surface area contributed by atoms with Gasteiger partial charge in [0, 0.05) is 30.6 Å². The van der Waals surface area contributed by atoms with Gasteiger partial charge in [0.15, 0.2) is 11.5 Å². The van der Waals surface area contributed by atoms with Gasteiger partial charge in [-0.15, -0.1) is 0 Å². The molecular weight excluding hydrogens is 335 g/mol. The molecule has 1 N–H and O–H groups in total. The van der Waals surface area contributed by atoms with Crippen molar-refractivity contribution in [2.45, 2.75) is 13.0 Å². The van der Waals surface area contributed by atoms with Crippen LogP contribution in [0.2, 0.25) is 0 Å². The first-order valence-corrected chi connectivity index (χ1v) is 8.32. The number of rotatable bonds is 8. The number of hydrogen-bond donors (Lipinski definition) is 1. The average molecular weight is 356 g/mol. The van der Waals surface area contributed by atoms with Crippen LogP contribution in [0.4, 0.5) is 4.39 Å². The molecule has 0 bridgehead atoms. The van der Waals surface area contributed by atoms with Crippen LogP contribution >= 0.6 is 0 Å². The molecule has 0 aliphatic carbocycles. The lowest BCUT2D eigenvalue weighted by molar-refractivity contribution is 0.350. The van der Waals surface area contributed by atoms with Gasteiger partial charge in [-0.2, -0.15) is 0 Å². The average Bonchev–Trinajstić information content (AvgIpc) is 3.14. The van der Waals surface area contributed by atoms with Gasteiger partial charge in [-0.05, 0) is 30.3 Å². The summed E-state index contributed by atoms with van der Waals surface area (Å²) in [6.07, 6.45) is 2.35. The summed E-state index contributed by atoms with van der Waals surface area (Å²) >= 11 is 0. The second-order valence-electron chi connectivity index (χ2n) is 5.73. The molecule has 1 heterocycles. The van der Waals surface area contributed by atoms with E-state index < -0.39 is 0 Å². The van der Waals surface area contributed by atoms with Crippen LogP contribution in [0.3, 0.4) is 0 Å². The summed E-state index contributed by atoms with van der Waals surface area (Å²) in [6, 6.07) is 11.9. The van der Waals surface area contributed by atoms with Gasteiger partial charge >= 0.3 is 0 Å². The molecule has 6 heteroatoms. The van der Waals surface area contributed by atoms with Crippen LogP contribution in [0.15, 0.2) is 53.1 Å². The normalized spacial score (nSPS) is 10.7. The molecule has 0 aliphatic rings. The van der Waals surface area contributed by atoms with Gasteiger partial charge in [-0.25, -0.2) is 9.37 Å². The standard InChI is InChI=1S/C20H21FN2O3/c1-24-18-5-3-4-15(19(18)25-2)12-22-11-10-17-13-26-20(23-17)14-6-8-16(21)9-7-14/h3-9,13,22H,10-12H2,1-2H3. The fourth-order valence-corrected chi connectivity index (χ4v) is 2.68. The summed E-state index contributed by atoms with van der Waals surface area (Å²) in [5.41, 5.74) is 2.63. The number of benzene rings is 2. The van der Waals surface area contributed by atoms with Crippen molar-refractivity contribution >= 4 is 0 Å². The minimum absolute atomic E-state index is 0.280. The minimum Gasteiger partial charge on any atom is -0.493 e. The van der Waals surface area contributed by atoms with Gasteiger partial charge in [-0.3, -0.25) is 0 Å². The highest BCUT2D eigenvalue weighted by molar-refractivity contribution is 5.52. The molecule has 0 spiro atoms. The molecule has 0 saturated heterocycles. The monoisotopic (exact) mass is 356 g/mol. The van der Waals surface area contributed by atoms with Gasteiger partial charge in [-0.1, -0.05) is 12.1 Å². The molecule has 3 aromatic rings. The topological polar surface area (TPSA) is 56.5 Å². The van der Waals surface area contributed by atoms with E-state index in [1.54, 1.807) is 32.6 Å². The quantitative estimate of drug-likeness (QED) is 0.622. The number of methoxy groups -OCH3 is 2. The Bertz CT molecular complexity index is 847. The summed E-state index contributed by atoms with van der Waals surface area (Å²) in [4.78, 5) is 4.44. The van der Waals surface area contributed by atoms with E-state index in [4.69, 9.17) is 13.9 Å². The molecule has 3 rings (SSSR count). The zero-order valence-electron chi connectivity index (χ0n) is 14.8. The van der Waals surface area contributed by atoms with E-state index in [-0.39, 0.29) is 5.82 Å². The Morgan fingerprint density at radius 2 is 1.88 bits per heavy atom. The Labute approximate surface area is 151 Å². The predicted molar refractivity (Wildman–Crippen MR) is 96.9 cm³/mol. The highest BCUT2D eigenvalue weighted by Crippen LogP contribution is 2.30. The molecule has 26 heavy (non-hydrogen) atoms. The molecule has 0 saturated carbocycles. The summed E-state index contributed by atoms with van der Waals surface area (Å²) in [6.45, 7) is 1.39. The molecule has 0 atom stereocenters. The van der Waals surface area contributed by atoms with Crippen LogP contribution in [-0.4, -0.2) is 25.7 Å². The van der Waals surface area contributed by atoms with Crippen molar-refractivity contribution in [3.05, 3.63) is 65.8 Å². The van der Waals surface area contributed by atoms with Crippen molar-refractivity contribution in [1.29, 1.82) is 0 Å². The van der Waals surface area contributed by atoms with E-state index in [1.807, 2.05) is 18.2 Å². The van der Waals surface area contributed by atoms with E-state index in [9.17, 15) is 4.39 Å². The maximum Gasteiger partial charge on any atom is 0.226 e. The number of aromatic nitrogens is 1. The number of nitrogens with one attached hydrogen (secondary N) is 1. The second-order valence-corrected chi connectivity index (χ2v) is 5.73. The lowest BCUT2D eigenvalue weighted by Gasteiger charge is -2.12. The molecule has 5 nitrogen and oxygen atoms in total. The molecule has 136 valence electrons. The van der Waals surface area contributed by atoms with Crippen molar-refractivity contribution in [3.8, 4) is 23.0 Å². The molecule has 2 aromatic carbocycles. The first-order chi connectivity index (χ1) is 12.7. The lowest BCUT2D eigenvalue weighted by atomic mass is 10.2. The Morgan fingerprint density at radius 3 is 2.62 bits per heavy atom. The van der Waals surface area contributed by atoms with Gasteiger partial charge in [0.25, 0.3) is 0 Å². The second kappa shape index (κ2) is 8.49. The van der Waals surface area contributed by atoms with Gasteiger partial charge in [0.2, 0.25) is 5.89 Å². The van der Waals surface area contributed by atoms with E-state index in [0.717, 1.165) is 35.5 Å². The zero-order valence-corrected chi connectivity index (χ0v) is 14.8. The third kappa shape index (κ3) is 4.21. The van der Waals surface area contributed by atoms with E-state index in [2.05, 4.69) is 10.3 Å². The van der Waals surface area contributed by atoms with Gasteiger partial charge < -0.3 is 19.2 Å². The first kappa shape index (κ1) is 17.9. The third-order valence-corrected chi connectivity index (χ3v) is 4.00. The molecule has 1 aromatic heterocycles. The van der Waals surface area contributed by atoms with Crippen LogP contribution in [-0.2, 0) is 13.0 Å². The lowest BCUT2D eigenvalue weighted by Crippen LogP contribution is -2.17. The summed E-state index contributed by atoms with van der Waals surface area (Å²) < 4.78 is 29.2. The Kier molecular flexibility index (Phi) is 5.86. The molecule has 0 unspecified atom stereocenters. The van der Waals surface area contributed by atoms with E-state index in [0.29, 0.717) is 18.2 Å². The fraction of sp³-hybridized carbons (Fsp3) is 0.250. The minimum atomic E-state index is -0.280. The molecule has 0 radical (unpaired) electrons. The smallest absolute Gasteiger partial charge is 0.226 e. The number of nitrogens with zero attached hydrogens (tertiary/aromatic N) is 1. The largest absolute Gasteiger partial charge is 0.493 e. The van der Waals surface area contributed by atoms with E-state index in [1.165, 1.54) is 12.1 Å². The molecule has 0 aliphatic heterocycles. The highest BCUT2D eigenvalue weighted by atomic mass is 19.1. The predicted octanol–water partition coefficient (Wildman–Crippen LogP) is 3.83. The molecule has 0 amide bonds. The van der Waals surface area contributed by atoms with Crippen molar-refractivity contribution in [3.63, 3.8) is 0 Å². The number of ether oxygens (including phenoxy) is 2. The molecular formula is C20H21FN2O3. The van der Waals surface area contributed by atoms with Gasteiger partial charge in [0.1, 0.15) is 12.1 Å². The summed E-state index contributed by atoms with van der Waals surface area (Å²) in [5, 5.41) is 3.37. The van der Waals surface area contributed by atoms with Crippen molar-refractivity contribution in [2.75, 3.05) is 20.8 Å². The van der Waals surface area contributed by atoms with Crippen LogP contribution in [0.5, 0.6) is 11.5 Å². The maximum absolute atomic E-state index is 13.0. The maximum atomic E-state index is 13.0. The van der Waals surface area contributed by atoms with Crippen LogP contribution in [0.1, 0.15) is 11.3 Å². The Balaban J connectivity index is 1.54. The van der Waals surface area contributed by atoms with Crippen LogP contribution < -0.4 is 14.8 Å². The fourth-order valence-electron chi connectivity index (χ4n) is 2.68. The number of para-hydroxylation sites is 1. The first-order valence-electron chi connectivity index (χ1n) is 8.32. The van der Waals surface area contributed by atoms with Crippen molar-refractivity contribution in [1.82, 2.24) is 10.3 Å². The highest BCUT2D eigenvalue weighted by Gasteiger charge is 2.10. The molecule has 0 fully saturated rings. The summed E-state index contributed by atoms with van der Waals surface area (Å²) in [7, 11) is 3.26. The van der Waals surface area contributed by atoms with Crippen LogP contribution in [0, 0.1) is 5.82 Å². The number of oxazole rings is 1. The number of hydrogen-bond acceptors (Lipinski definition) is 5. The number of halogens is 1. The Morgan fingerprint density at radius 1 is 1.08 bits per heavy atom. The van der Waals surface area contributed by atoms with Crippen molar-refractivity contribution in [2.24, 2.45) is 0 Å². The Hall–Kier alpha value is -2.86. The van der Waals surface area contributed by atoms with Crippen molar-refractivity contribution < 1.29 is 18.3 Å². The van der Waals surface area contributed by atoms with E-state index >= 15 is 0 Å². The SMILES string of the molecule is COc1cccc(CNCCc2coc(-c3ccc(F)cc3)n2)c1OC. The van der Waals surface area contributed by atoms with Gasteiger partial charge in [0.05, 0.1) is 19.9 Å².